The molecule has 1 atom stereocenters. The van der Waals surface area contributed by atoms with E-state index < -0.39 is 6.04 Å². The number of ether oxygens (including phenoxy) is 1. The van der Waals surface area contributed by atoms with E-state index in [2.05, 4.69) is 25.4 Å². The summed E-state index contributed by atoms with van der Waals surface area (Å²) >= 11 is 0. The fourth-order valence-corrected chi connectivity index (χ4v) is 4.66. The van der Waals surface area contributed by atoms with Gasteiger partial charge in [-0.15, -0.1) is 0 Å². The second-order valence-corrected chi connectivity index (χ2v) is 9.65. The van der Waals surface area contributed by atoms with Crippen molar-refractivity contribution in [2.75, 3.05) is 7.11 Å². The maximum atomic E-state index is 13.1. The zero-order valence-electron chi connectivity index (χ0n) is 22.7. The van der Waals surface area contributed by atoms with Crippen molar-refractivity contribution >= 4 is 28.2 Å². The van der Waals surface area contributed by atoms with E-state index in [-0.39, 0.29) is 18.1 Å². The van der Waals surface area contributed by atoms with Crippen molar-refractivity contribution in [2.45, 2.75) is 57.9 Å². The van der Waals surface area contributed by atoms with Gasteiger partial charge in [0.25, 0.3) is 0 Å². The van der Waals surface area contributed by atoms with Gasteiger partial charge in [0.05, 0.1) is 36.5 Å². The van der Waals surface area contributed by atoms with Crippen LogP contribution in [0.5, 0.6) is 5.88 Å². The number of ketones is 1. The Morgan fingerprint density at radius 1 is 1.10 bits per heavy atom. The average molecular weight is 541 g/mol. The highest BCUT2D eigenvalue weighted by Crippen LogP contribution is 2.33. The monoisotopic (exact) mass is 540 g/mol. The number of methoxy groups -OCH3 is 1. The zero-order chi connectivity index (χ0) is 27.9. The summed E-state index contributed by atoms with van der Waals surface area (Å²) < 4.78 is 13.4. The lowest BCUT2D eigenvalue weighted by Gasteiger charge is -2.15. The minimum Gasteiger partial charge on any atom is -0.480 e. The number of nitrogens with zero attached hydrogens (tertiary/aromatic N) is 5. The summed E-state index contributed by atoms with van der Waals surface area (Å²) in [4.78, 5) is 38.2. The van der Waals surface area contributed by atoms with Gasteiger partial charge in [-0.1, -0.05) is 38.0 Å². The third-order valence-electron chi connectivity index (χ3n) is 6.78. The molecule has 1 amide bonds. The molecule has 4 aromatic heterocycles. The van der Waals surface area contributed by atoms with Crippen LogP contribution in [0.2, 0.25) is 0 Å². The van der Waals surface area contributed by atoms with E-state index >= 15 is 0 Å². The molecular formula is C30H32N6O4. The smallest absolute Gasteiger partial charge is 0.226 e. The number of hydrogen-bond acceptors (Lipinski definition) is 8. The Kier molecular flexibility index (Phi) is 8.44. The predicted molar refractivity (Wildman–Crippen MR) is 150 cm³/mol. The van der Waals surface area contributed by atoms with Gasteiger partial charge in [-0.05, 0) is 31.0 Å². The van der Waals surface area contributed by atoms with Crippen LogP contribution in [-0.2, 0) is 16.0 Å². The summed E-state index contributed by atoms with van der Waals surface area (Å²) in [5.74, 6) is 1.41. The van der Waals surface area contributed by atoms with E-state index in [4.69, 9.17) is 9.15 Å². The van der Waals surface area contributed by atoms with Crippen LogP contribution in [0.25, 0.3) is 27.9 Å². The first-order valence-electron chi connectivity index (χ1n) is 13.5. The number of aromatic nitrogens is 5. The van der Waals surface area contributed by atoms with Crippen LogP contribution in [0, 0.1) is 0 Å². The first kappa shape index (κ1) is 27.0. The molecule has 0 bridgehead atoms. The number of carbonyl (C=O) groups excluding carboxylic acids is 2. The second-order valence-electron chi connectivity index (χ2n) is 9.65. The summed E-state index contributed by atoms with van der Waals surface area (Å²) in [5.41, 5.74) is 2.80. The number of fused-ring (bicyclic) bond motifs is 2. The molecule has 0 fully saturated rings. The van der Waals surface area contributed by atoms with Gasteiger partial charge in [0.1, 0.15) is 11.8 Å². The minimum atomic E-state index is -0.447. The first-order chi connectivity index (χ1) is 19.5. The topological polar surface area (TPSA) is 125 Å². The summed E-state index contributed by atoms with van der Waals surface area (Å²) in [5, 5.41) is 8.46. The molecule has 0 aliphatic rings. The predicted octanol–water partition coefficient (Wildman–Crippen LogP) is 5.27. The molecule has 0 spiro atoms. The molecule has 10 heteroatoms. The number of amides is 1. The number of pyridine rings is 1. The van der Waals surface area contributed by atoms with Crippen molar-refractivity contribution in [1.29, 1.82) is 0 Å². The van der Waals surface area contributed by atoms with Crippen LogP contribution in [0.3, 0.4) is 0 Å². The highest BCUT2D eigenvalue weighted by molar-refractivity contribution is 5.85. The number of hydrogen-bond donors (Lipinski definition) is 1. The summed E-state index contributed by atoms with van der Waals surface area (Å²) in [6, 6.07) is 12.9. The molecule has 0 unspecified atom stereocenters. The Bertz CT molecular complexity index is 1590. The van der Waals surface area contributed by atoms with Gasteiger partial charge >= 0.3 is 0 Å². The number of para-hydroxylation sites is 1. The molecule has 206 valence electrons. The van der Waals surface area contributed by atoms with Crippen molar-refractivity contribution in [1.82, 2.24) is 29.9 Å². The Hall–Kier alpha value is -4.60. The summed E-state index contributed by atoms with van der Waals surface area (Å²) in [7, 11) is 1.57. The first-order valence-corrected chi connectivity index (χ1v) is 13.5. The van der Waals surface area contributed by atoms with Crippen LogP contribution in [-0.4, -0.2) is 43.4 Å². The number of nitrogens with one attached hydrogen (secondary N) is 1. The number of Topliss-reactive ketones (excluding diaryl/α,β-unsaturated/α-hetero) is 1. The Morgan fingerprint density at radius 2 is 1.98 bits per heavy atom. The molecule has 5 aromatic rings. The van der Waals surface area contributed by atoms with E-state index in [0.29, 0.717) is 53.7 Å². The van der Waals surface area contributed by atoms with E-state index in [1.165, 1.54) is 0 Å². The molecule has 0 saturated carbocycles. The van der Waals surface area contributed by atoms with Crippen molar-refractivity contribution in [3.63, 3.8) is 0 Å². The molecular weight excluding hydrogens is 508 g/mol. The SMILES string of the molecule is CCC(=O)CCCCC[C@H](NC(=O)Cc1cc2ncccn2n1)c1ncc(-c2cc3ccccc3nc2OC)o1. The molecule has 40 heavy (non-hydrogen) atoms. The van der Waals surface area contributed by atoms with Gasteiger partial charge in [-0.25, -0.2) is 19.5 Å². The molecule has 0 saturated heterocycles. The fourth-order valence-electron chi connectivity index (χ4n) is 4.66. The van der Waals surface area contributed by atoms with Gasteiger partial charge < -0.3 is 14.5 Å². The number of rotatable bonds is 13. The van der Waals surface area contributed by atoms with Crippen LogP contribution >= 0.6 is 0 Å². The molecule has 0 radical (unpaired) electrons. The average Bonchev–Trinajstić information content (AvgIpc) is 3.62. The normalized spacial score (nSPS) is 12.1. The Balaban J connectivity index is 1.34. The maximum absolute atomic E-state index is 13.1. The summed E-state index contributed by atoms with van der Waals surface area (Å²) in [6.45, 7) is 1.88. The molecule has 5 rings (SSSR count). The Labute approximate surface area is 231 Å². The van der Waals surface area contributed by atoms with E-state index in [0.717, 1.165) is 30.2 Å². The van der Waals surface area contributed by atoms with Crippen molar-refractivity contribution in [3.05, 3.63) is 72.6 Å². The number of unbranched alkanes of at least 4 members (excludes halogenated alkanes) is 2. The van der Waals surface area contributed by atoms with Crippen molar-refractivity contribution < 1.29 is 18.7 Å². The molecule has 0 aliphatic heterocycles. The zero-order valence-corrected chi connectivity index (χ0v) is 22.7. The lowest BCUT2D eigenvalue weighted by atomic mass is 10.0. The van der Waals surface area contributed by atoms with Crippen LogP contribution < -0.4 is 10.1 Å². The minimum absolute atomic E-state index is 0.0981. The van der Waals surface area contributed by atoms with Gasteiger partial charge in [0, 0.05) is 36.7 Å². The molecule has 0 aliphatic carbocycles. The number of oxazole rings is 1. The van der Waals surface area contributed by atoms with Crippen molar-refractivity contribution in [3.8, 4) is 17.2 Å². The quantitative estimate of drug-likeness (QED) is 0.200. The van der Waals surface area contributed by atoms with Gasteiger partial charge in [-0.2, -0.15) is 5.10 Å². The molecule has 1 aromatic carbocycles. The van der Waals surface area contributed by atoms with Crippen LogP contribution in [0.15, 0.2) is 65.5 Å². The highest BCUT2D eigenvalue weighted by Gasteiger charge is 2.23. The van der Waals surface area contributed by atoms with Gasteiger partial charge in [-0.3, -0.25) is 9.59 Å². The molecule has 4 heterocycles. The lowest BCUT2D eigenvalue weighted by molar-refractivity contribution is -0.121. The largest absolute Gasteiger partial charge is 0.480 e. The number of carbonyl (C=O) groups is 2. The van der Waals surface area contributed by atoms with Gasteiger partial charge in [0.2, 0.25) is 17.7 Å². The fraction of sp³-hybridized carbons (Fsp3) is 0.333. The van der Waals surface area contributed by atoms with Gasteiger partial charge in [0.15, 0.2) is 11.4 Å². The van der Waals surface area contributed by atoms with Crippen LogP contribution in [0.4, 0.5) is 0 Å². The second kappa shape index (κ2) is 12.5. The third-order valence-corrected chi connectivity index (χ3v) is 6.78. The summed E-state index contributed by atoms with van der Waals surface area (Å²) in [6.07, 6.45) is 9.45. The maximum Gasteiger partial charge on any atom is 0.226 e. The molecule has 1 N–H and O–H groups in total. The standard InChI is InChI=1S/C30H32N6O4/c1-3-22(37)11-5-4-6-13-25(33-28(38)18-21-17-27-31-14-9-15-36(27)35-21)30-32-19-26(40-30)23-16-20-10-7-8-12-24(20)34-29(23)39-2/h7-10,12,14-17,19,25H,3-6,11,13,18H2,1-2H3,(H,33,38)/t25-/m0/s1. The lowest BCUT2D eigenvalue weighted by Crippen LogP contribution is -2.30. The molecule has 10 nitrogen and oxygen atoms in total. The third kappa shape index (κ3) is 6.33. The van der Waals surface area contributed by atoms with Crippen LogP contribution in [0.1, 0.15) is 63.1 Å². The van der Waals surface area contributed by atoms with Crippen molar-refractivity contribution in [2.24, 2.45) is 0 Å². The Morgan fingerprint density at radius 3 is 2.80 bits per heavy atom. The van der Waals surface area contributed by atoms with E-state index in [1.807, 2.05) is 37.3 Å². The van der Waals surface area contributed by atoms with E-state index in [9.17, 15) is 9.59 Å². The number of benzene rings is 1. The van der Waals surface area contributed by atoms with E-state index in [1.54, 1.807) is 42.3 Å². The highest BCUT2D eigenvalue weighted by atomic mass is 16.5.